The van der Waals surface area contributed by atoms with Gasteiger partial charge < -0.3 is 9.84 Å². The molecule has 5 heteroatoms. The third-order valence-electron chi connectivity index (χ3n) is 3.44. The first-order chi connectivity index (χ1) is 11.1. The third kappa shape index (κ3) is 4.98. The zero-order chi connectivity index (χ0) is 16.7. The molecule has 0 saturated heterocycles. The Morgan fingerprint density at radius 2 is 1.83 bits per heavy atom. The number of carbonyl (C=O) groups excluding carboxylic acids is 1. The SMILES string of the molecule is CCOC(=O)N(CCC(O)c1ccccc1)c1ccc(Cl)cc1. The summed E-state index contributed by atoms with van der Waals surface area (Å²) >= 11 is 5.89. The number of ether oxygens (including phenoxy) is 1. The molecular weight excluding hydrogens is 314 g/mol. The predicted molar refractivity (Wildman–Crippen MR) is 91.8 cm³/mol. The summed E-state index contributed by atoms with van der Waals surface area (Å²) < 4.78 is 5.10. The molecule has 23 heavy (non-hydrogen) atoms. The smallest absolute Gasteiger partial charge is 0.414 e. The highest BCUT2D eigenvalue weighted by Gasteiger charge is 2.19. The van der Waals surface area contributed by atoms with Gasteiger partial charge in [-0.2, -0.15) is 0 Å². The Hall–Kier alpha value is -2.04. The predicted octanol–water partition coefficient (Wildman–Crippen LogP) is 4.43. The molecule has 2 aromatic carbocycles. The molecule has 0 aliphatic rings. The van der Waals surface area contributed by atoms with Gasteiger partial charge in [0.1, 0.15) is 0 Å². The minimum absolute atomic E-state index is 0.296. The average Bonchev–Trinajstić information content (AvgIpc) is 2.57. The van der Waals surface area contributed by atoms with Crippen molar-refractivity contribution >= 4 is 23.4 Å². The van der Waals surface area contributed by atoms with E-state index in [4.69, 9.17) is 16.3 Å². The van der Waals surface area contributed by atoms with E-state index < -0.39 is 12.2 Å². The highest BCUT2D eigenvalue weighted by Crippen LogP contribution is 2.22. The molecule has 0 radical (unpaired) electrons. The number of aliphatic hydroxyl groups excluding tert-OH is 1. The van der Waals surface area contributed by atoms with E-state index in [1.807, 2.05) is 30.3 Å². The Bertz CT molecular complexity index is 616. The van der Waals surface area contributed by atoms with E-state index in [1.165, 1.54) is 4.90 Å². The number of aliphatic hydroxyl groups is 1. The molecule has 0 spiro atoms. The zero-order valence-electron chi connectivity index (χ0n) is 13.0. The summed E-state index contributed by atoms with van der Waals surface area (Å²) in [6.45, 7) is 2.40. The first kappa shape index (κ1) is 17.3. The average molecular weight is 334 g/mol. The zero-order valence-corrected chi connectivity index (χ0v) is 13.7. The van der Waals surface area contributed by atoms with Gasteiger partial charge in [-0.3, -0.25) is 4.90 Å². The van der Waals surface area contributed by atoms with Gasteiger partial charge in [0.25, 0.3) is 0 Å². The molecule has 0 fully saturated rings. The lowest BCUT2D eigenvalue weighted by molar-refractivity contribution is 0.152. The Kier molecular flexibility index (Phi) is 6.44. The number of hydrogen-bond acceptors (Lipinski definition) is 3. The molecule has 1 atom stereocenters. The normalized spacial score (nSPS) is 11.8. The van der Waals surface area contributed by atoms with Crippen LogP contribution in [0.15, 0.2) is 54.6 Å². The quantitative estimate of drug-likeness (QED) is 0.851. The van der Waals surface area contributed by atoms with Crippen LogP contribution in [0.3, 0.4) is 0 Å². The van der Waals surface area contributed by atoms with Crippen molar-refractivity contribution in [3.63, 3.8) is 0 Å². The maximum Gasteiger partial charge on any atom is 0.414 e. The summed E-state index contributed by atoms with van der Waals surface area (Å²) in [5.41, 5.74) is 1.51. The van der Waals surface area contributed by atoms with E-state index in [9.17, 15) is 9.90 Å². The molecule has 0 saturated carbocycles. The lowest BCUT2D eigenvalue weighted by Gasteiger charge is -2.23. The number of nitrogens with zero attached hydrogens (tertiary/aromatic N) is 1. The minimum Gasteiger partial charge on any atom is -0.449 e. The second-order valence-corrected chi connectivity index (χ2v) is 5.48. The van der Waals surface area contributed by atoms with E-state index in [-0.39, 0.29) is 0 Å². The first-order valence-electron chi connectivity index (χ1n) is 7.54. The van der Waals surface area contributed by atoms with Gasteiger partial charge in [-0.1, -0.05) is 41.9 Å². The molecule has 1 unspecified atom stereocenters. The van der Waals surface area contributed by atoms with E-state index >= 15 is 0 Å². The van der Waals surface area contributed by atoms with E-state index in [2.05, 4.69) is 0 Å². The summed E-state index contributed by atoms with van der Waals surface area (Å²) in [7, 11) is 0. The third-order valence-corrected chi connectivity index (χ3v) is 3.69. The van der Waals surface area contributed by atoms with Crippen molar-refractivity contribution in [2.24, 2.45) is 0 Å². The number of rotatable bonds is 6. The van der Waals surface area contributed by atoms with Gasteiger partial charge in [0.2, 0.25) is 0 Å². The number of halogens is 1. The Balaban J connectivity index is 2.08. The molecule has 4 nitrogen and oxygen atoms in total. The lowest BCUT2D eigenvalue weighted by atomic mass is 10.1. The van der Waals surface area contributed by atoms with Gasteiger partial charge in [0, 0.05) is 17.3 Å². The maximum atomic E-state index is 12.2. The van der Waals surface area contributed by atoms with Crippen LogP contribution >= 0.6 is 11.6 Å². The van der Waals surface area contributed by atoms with Crippen molar-refractivity contribution in [2.75, 3.05) is 18.1 Å². The Morgan fingerprint density at radius 3 is 2.43 bits per heavy atom. The van der Waals surface area contributed by atoms with Gasteiger partial charge in [-0.05, 0) is 43.2 Å². The Labute approximate surface area is 141 Å². The molecular formula is C18H20ClNO3. The molecule has 2 rings (SSSR count). The molecule has 2 aromatic rings. The van der Waals surface area contributed by atoms with Crippen LogP contribution in [0.5, 0.6) is 0 Å². The number of carbonyl (C=O) groups is 1. The van der Waals surface area contributed by atoms with Crippen molar-refractivity contribution < 1.29 is 14.6 Å². The van der Waals surface area contributed by atoms with Gasteiger partial charge in [0.05, 0.1) is 12.7 Å². The molecule has 0 bridgehead atoms. The van der Waals surface area contributed by atoms with Crippen LogP contribution in [0.25, 0.3) is 0 Å². The van der Waals surface area contributed by atoms with Gasteiger partial charge in [0.15, 0.2) is 0 Å². The van der Waals surface area contributed by atoms with Crippen LogP contribution in [0.2, 0.25) is 5.02 Å². The molecule has 0 aliphatic carbocycles. The van der Waals surface area contributed by atoms with Gasteiger partial charge in [-0.25, -0.2) is 4.79 Å². The van der Waals surface area contributed by atoms with E-state index in [0.29, 0.717) is 30.3 Å². The molecule has 0 aliphatic heterocycles. The minimum atomic E-state index is -0.638. The topological polar surface area (TPSA) is 49.8 Å². The summed E-state index contributed by atoms with van der Waals surface area (Å²) in [6.07, 6.45) is -0.665. The van der Waals surface area contributed by atoms with Crippen molar-refractivity contribution in [2.45, 2.75) is 19.4 Å². The van der Waals surface area contributed by atoms with Crippen LogP contribution in [0, 0.1) is 0 Å². The summed E-state index contributed by atoms with van der Waals surface area (Å²) in [5.74, 6) is 0. The van der Waals surface area contributed by atoms with Crippen molar-refractivity contribution in [3.8, 4) is 0 Å². The molecule has 1 amide bonds. The van der Waals surface area contributed by atoms with Crippen LogP contribution in [-0.2, 0) is 4.74 Å². The van der Waals surface area contributed by atoms with Gasteiger partial charge in [-0.15, -0.1) is 0 Å². The molecule has 122 valence electrons. The van der Waals surface area contributed by atoms with Crippen LogP contribution in [-0.4, -0.2) is 24.4 Å². The highest BCUT2D eigenvalue weighted by molar-refractivity contribution is 6.30. The molecule has 0 heterocycles. The fraction of sp³-hybridized carbons (Fsp3) is 0.278. The van der Waals surface area contributed by atoms with Gasteiger partial charge >= 0.3 is 6.09 Å². The van der Waals surface area contributed by atoms with Crippen LogP contribution < -0.4 is 4.90 Å². The van der Waals surface area contributed by atoms with E-state index in [1.54, 1.807) is 31.2 Å². The van der Waals surface area contributed by atoms with Crippen molar-refractivity contribution in [3.05, 3.63) is 65.2 Å². The summed E-state index contributed by atoms with van der Waals surface area (Å²) in [5, 5.41) is 10.9. The molecule has 0 aromatic heterocycles. The monoisotopic (exact) mass is 333 g/mol. The second kappa shape index (κ2) is 8.56. The second-order valence-electron chi connectivity index (χ2n) is 5.04. The number of hydrogen-bond donors (Lipinski definition) is 1. The summed E-state index contributed by atoms with van der Waals surface area (Å²) in [4.78, 5) is 13.7. The number of amides is 1. The van der Waals surface area contributed by atoms with E-state index in [0.717, 1.165) is 5.56 Å². The highest BCUT2D eigenvalue weighted by atomic mass is 35.5. The Morgan fingerprint density at radius 1 is 1.17 bits per heavy atom. The van der Waals surface area contributed by atoms with Crippen molar-refractivity contribution in [1.29, 1.82) is 0 Å². The van der Waals surface area contributed by atoms with Crippen LogP contribution in [0.4, 0.5) is 10.5 Å². The van der Waals surface area contributed by atoms with Crippen molar-refractivity contribution in [1.82, 2.24) is 0 Å². The van der Waals surface area contributed by atoms with Crippen LogP contribution in [0.1, 0.15) is 25.0 Å². The summed E-state index contributed by atoms with van der Waals surface area (Å²) in [6, 6.07) is 16.3. The fourth-order valence-corrected chi connectivity index (χ4v) is 2.37. The number of benzene rings is 2. The maximum absolute atomic E-state index is 12.2. The fourth-order valence-electron chi connectivity index (χ4n) is 2.24. The molecule has 1 N–H and O–H groups in total. The first-order valence-corrected chi connectivity index (χ1v) is 7.92. The lowest BCUT2D eigenvalue weighted by Crippen LogP contribution is -2.33. The largest absolute Gasteiger partial charge is 0.449 e. The number of anilines is 1. The standard InChI is InChI=1S/C18H20ClNO3/c1-2-23-18(22)20(16-10-8-15(19)9-11-16)13-12-17(21)14-6-4-3-5-7-14/h3-11,17,21H,2,12-13H2,1H3.